The second kappa shape index (κ2) is 11.6. The van der Waals surface area contributed by atoms with Crippen molar-refractivity contribution in [1.29, 1.82) is 0 Å². The number of aryl methyl sites for hydroxylation is 1. The molecule has 2 fully saturated rings. The number of piperazine rings is 1. The number of nitrogens with zero attached hydrogens (tertiary/aromatic N) is 5. The summed E-state index contributed by atoms with van der Waals surface area (Å²) in [5.74, 6) is 1.11. The molecule has 1 aromatic heterocycles. The predicted octanol–water partition coefficient (Wildman–Crippen LogP) is 3.15. The number of carbonyl (C=O) groups excluding carboxylic acids is 2. The number of hydrogen-bond acceptors (Lipinski definition) is 6. The SMILES string of the molecule is Cc1ccc(-c2ccc(N3CCN(C(=O)CN(C[C@H]4CCCO4)C(=O)CC(C)C)CC3)nn2)cc1. The summed E-state index contributed by atoms with van der Waals surface area (Å²) in [6.07, 6.45) is 2.45. The first-order valence-electron chi connectivity index (χ1n) is 12.7. The number of aromatic nitrogens is 2. The van der Waals surface area contributed by atoms with Crippen molar-refractivity contribution in [2.45, 2.75) is 46.1 Å². The van der Waals surface area contributed by atoms with Crippen LogP contribution < -0.4 is 4.90 Å². The van der Waals surface area contributed by atoms with E-state index in [1.807, 2.05) is 30.9 Å². The monoisotopic (exact) mass is 479 g/mol. The van der Waals surface area contributed by atoms with E-state index >= 15 is 0 Å². The summed E-state index contributed by atoms with van der Waals surface area (Å²) in [6.45, 7) is 10.1. The third kappa shape index (κ3) is 6.78. The Kier molecular flexibility index (Phi) is 8.33. The Bertz CT molecular complexity index is 979. The highest BCUT2D eigenvalue weighted by Gasteiger charge is 2.28. The molecule has 1 aromatic carbocycles. The van der Waals surface area contributed by atoms with Crippen molar-refractivity contribution in [2.75, 3.05) is 50.8 Å². The zero-order valence-electron chi connectivity index (χ0n) is 21.2. The number of ether oxygens (including phenoxy) is 1. The fraction of sp³-hybridized carbons (Fsp3) is 0.556. The Labute approximate surface area is 208 Å². The standard InChI is InChI=1S/C27H37N5O3/c1-20(2)17-26(33)32(18-23-5-4-16-35-23)19-27(34)31-14-12-30(13-15-31)25-11-10-24(28-29-25)22-8-6-21(3)7-9-22/h6-11,20,23H,4-5,12-19H2,1-3H3/t23-/m1/s1. The first-order chi connectivity index (χ1) is 16.9. The molecule has 2 aliphatic heterocycles. The van der Waals surface area contributed by atoms with Gasteiger partial charge in [0.25, 0.3) is 0 Å². The third-order valence-corrected chi connectivity index (χ3v) is 6.66. The second-order valence-corrected chi connectivity index (χ2v) is 10.0. The Morgan fingerprint density at radius 2 is 1.80 bits per heavy atom. The van der Waals surface area contributed by atoms with E-state index in [-0.39, 0.29) is 30.4 Å². The van der Waals surface area contributed by atoms with Gasteiger partial charge in [0.2, 0.25) is 11.8 Å². The van der Waals surface area contributed by atoms with Gasteiger partial charge in [-0.15, -0.1) is 10.2 Å². The minimum absolute atomic E-state index is 0.000515. The highest BCUT2D eigenvalue weighted by Crippen LogP contribution is 2.20. The predicted molar refractivity (Wildman–Crippen MR) is 136 cm³/mol. The summed E-state index contributed by atoms with van der Waals surface area (Å²) in [7, 11) is 0. The van der Waals surface area contributed by atoms with E-state index in [1.54, 1.807) is 4.90 Å². The summed E-state index contributed by atoms with van der Waals surface area (Å²) in [4.78, 5) is 31.6. The van der Waals surface area contributed by atoms with E-state index in [0.717, 1.165) is 36.5 Å². The van der Waals surface area contributed by atoms with Gasteiger partial charge in [-0.3, -0.25) is 9.59 Å². The van der Waals surface area contributed by atoms with Gasteiger partial charge in [-0.25, -0.2) is 0 Å². The maximum absolute atomic E-state index is 13.1. The minimum atomic E-state index is 0.000515. The lowest BCUT2D eigenvalue weighted by atomic mass is 10.1. The summed E-state index contributed by atoms with van der Waals surface area (Å²) >= 11 is 0. The van der Waals surface area contributed by atoms with E-state index in [0.29, 0.717) is 39.1 Å². The minimum Gasteiger partial charge on any atom is -0.376 e. The number of carbonyl (C=O) groups is 2. The van der Waals surface area contributed by atoms with Gasteiger partial charge in [0.05, 0.1) is 18.3 Å². The number of amides is 2. The van der Waals surface area contributed by atoms with Crippen LogP contribution in [0.15, 0.2) is 36.4 Å². The van der Waals surface area contributed by atoms with Gasteiger partial charge in [0.1, 0.15) is 0 Å². The molecule has 0 radical (unpaired) electrons. The Hall–Kier alpha value is -3.00. The van der Waals surface area contributed by atoms with Crippen molar-refractivity contribution in [1.82, 2.24) is 20.0 Å². The molecule has 2 aliphatic rings. The van der Waals surface area contributed by atoms with Crippen LogP contribution in [0, 0.1) is 12.8 Å². The first-order valence-corrected chi connectivity index (χ1v) is 12.7. The Morgan fingerprint density at radius 3 is 2.40 bits per heavy atom. The highest BCUT2D eigenvalue weighted by molar-refractivity contribution is 5.85. The Morgan fingerprint density at radius 1 is 1.06 bits per heavy atom. The molecule has 188 valence electrons. The zero-order chi connectivity index (χ0) is 24.8. The van der Waals surface area contributed by atoms with Gasteiger partial charge in [0.15, 0.2) is 5.82 Å². The van der Waals surface area contributed by atoms with Crippen molar-refractivity contribution in [3.05, 3.63) is 42.0 Å². The van der Waals surface area contributed by atoms with Crippen LogP contribution in [-0.2, 0) is 14.3 Å². The van der Waals surface area contributed by atoms with Crippen LogP contribution in [0.2, 0.25) is 0 Å². The van der Waals surface area contributed by atoms with Gasteiger partial charge in [-0.05, 0) is 37.8 Å². The molecule has 0 saturated carbocycles. The zero-order valence-corrected chi connectivity index (χ0v) is 21.2. The molecule has 8 nitrogen and oxygen atoms in total. The molecular weight excluding hydrogens is 442 g/mol. The van der Waals surface area contributed by atoms with Crippen LogP contribution in [0.25, 0.3) is 11.3 Å². The van der Waals surface area contributed by atoms with Gasteiger partial charge in [-0.1, -0.05) is 43.7 Å². The largest absolute Gasteiger partial charge is 0.376 e. The van der Waals surface area contributed by atoms with Crippen LogP contribution in [0.1, 0.15) is 38.7 Å². The van der Waals surface area contributed by atoms with Crippen molar-refractivity contribution in [3.63, 3.8) is 0 Å². The lowest BCUT2D eigenvalue weighted by Gasteiger charge is -2.36. The van der Waals surface area contributed by atoms with Gasteiger partial charge in [-0.2, -0.15) is 0 Å². The topological polar surface area (TPSA) is 78.9 Å². The number of benzene rings is 1. The summed E-state index contributed by atoms with van der Waals surface area (Å²) in [5, 5.41) is 8.84. The summed E-state index contributed by atoms with van der Waals surface area (Å²) in [6, 6.07) is 12.2. The second-order valence-electron chi connectivity index (χ2n) is 10.0. The van der Waals surface area contributed by atoms with Crippen LogP contribution >= 0.6 is 0 Å². The van der Waals surface area contributed by atoms with Crippen molar-refractivity contribution in [3.8, 4) is 11.3 Å². The number of hydrogen-bond donors (Lipinski definition) is 0. The average molecular weight is 480 g/mol. The number of rotatable bonds is 8. The average Bonchev–Trinajstić information content (AvgIpc) is 3.37. The van der Waals surface area contributed by atoms with Gasteiger partial charge >= 0.3 is 0 Å². The van der Waals surface area contributed by atoms with Crippen molar-refractivity contribution < 1.29 is 14.3 Å². The first kappa shape index (κ1) is 25.1. The smallest absolute Gasteiger partial charge is 0.242 e. The molecule has 2 amide bonds. The normalized spacial score (nSPS) is 18.2. The third-order valence-electron chi connectivity index (χ3n) is 6.66. The van der Waals surface area contributed by atoms with Gasteiger partial charge < -0.3 is 19.4 Å². The molecule has 0 unspecified atom stereocenters. The molecule has 35 heavy (non-hydrogen) atoms. The fourth-order valence-electron chi connectivity index (χ4n) is 4.59. The molecule has 0 bridgehead atoms. The molecular formula is C27H37N5O3. The van der Waals surface area contributed by atoms with E-state index in [4.69, 9.17) is 4.74 Å². The maximum Gasteiger partial charge on any atom is 0.242 e. The molecule has 0 aliphatic carbocycles. The van der Waals surface area contributed by atoms with Crippen molar-refractivity contribution >= 4 is 17.6 Å². The summed E-state index contributed by atoms with van der Waals surface area (Å²) in [5.41, 5.74) is 3.11. The maximum atomic E-state index is 13.1. The molecule has 0 spiro atoms. The van der Waals surface area contributed by atoms with Gasteiger partial charge in [0, 0.05) is 51.3 Å². The molecule has 8 heteroatoms. The van der Waals surface area contributed by atoms with Crippen molar-refractivity contribution in [2.24, 2.45) is 5.92 Å². The molecule has 3 heterocycles. The van der Waals surface area contributed by atoms with Crippen LogP contribution in [0.3, 0.4) is 0 Å². The molecule has 0 N–H and O–H groups in total. The van der Waals surface area contributed by atoms with Crippen LogP contribution in [-0.4, -0.2) is 83.8 Å². The lowest BCUT2D eigenvalue weighted by Crippen LogP contribution is -2.52. The van der Waals surface area contributed by atoms with Crippen LogP contribution in [0.4, 0.5) is 5.82 Å². The molecule has 2 saturated heterocycles. The van der Waals surface area contributed by atoms with E-state index in [1.165, 1.54) is 5.56 Å². The molecule has 4 rings (SSSR count). The van der Waals surface area contributed by atoms with E-state index < -0.39 is 0 Å². The lowest BCUT2D eigenvalue weighted by molar-refractivity contribution is -0.142. The van der Waals surface area contributed by atoms with E-state index in [9.17, 15) is 9.59 Å². The fourth-order valence-corrected chi connectivity index (χ4v) is 4.59. The quantitative estimate of drug-likeness (QED) is 0.579. The molecule has 1 atom stereocenters. The van der Waals surface area contributed by atoms with Crippen LogP contribution in [0.5, 0.6) is 0 Å². The number of anilines is 1. The Balaban J connectivity index is 1.31. The molecule has 2 aromatic rings. The summed E-state index contributed by atoms with van der Waals surface area (Å²) < 4.78 is 5.73. The van der Waals surface area contributed by atoms with E-state index in [2.05, 4.69) is 46.3 Å². The highest BCUT2D eigenvalue weighted by atomic mass is 16.5.